The van der Waals surface area contributed by atoms with Crippen molar-refractivity contribution in [1.82, 2.24) is 5.32 Å². The second kappa shape index (κ2) is 6.95. The molecule has 0 atom stereocenters. The average molecular weight is 279 g/mol. The third-order valence-electron chi connectivity index (χ3n) is 5.12. The summed E-state index contributed by atoms with van der Waals surface area (Å²) in [5.74, 6) is 1.93. The number of amides is 1. The second-order valence-electron chi connectivity index (χ2n) is 8.06. The van der Waals surface area contributed by atoms with Gasteiger partial charge in [-0.05, 0) is 58.3 Å². The van der Waals surface area contributed by atoms with Gasteiger partial charge in [-0.1, -0.05) is 38.5 Å². The first kappa shape index (κ1) is 15.9. The standard InChI is InChI=1S/C18H33NO/c1-18(2,3)19-17(20)16(14-10-6-4-7-11-14)15-12-8-5-9-13-15/h14-16H,4-13H2,1-3H3,(H,19,20). The minimum absolute atomic E-state index is 0.0985. The lowest BCUT2D eigenvalue weighted by molar-refractivity contribution is -0.131. The van der Waals surface area contributed by atoms with E-state index in [0.717, 1.165) is 0 Å². The molecule has 2 aliphatic carbocycles. The lowest BCUT2D eigenvalue weighted by atomic mass is 9.69. The number of rotatable bonds is 3. The molecule has 0 radical (unpaired) electrons. The minimum atomic E-state index is -0.0985. The third-order valence-corrected chi connectivity index (χ3v) is 5.12. The van der Waals surface area contributed by atoms with E-state index in [0.29, 0.717) is 17.7 Å². The van der Waals surface area contributed by atoms with Gasteiger partial charge in [0, 0.05) is 11.5 Å². The van der Waals surface area contributed by atoms with Gasteiger partial charge < -0.3 is 5.32 Å². The molecule has 0 aliphatic heterocycles. The summed E-state index contributed by atoms with van der Waals surface area (Å²) in [6, 6.07) is 0. The summed E-state index contributed by atoms with van der Waals surface area (Å²) in [6.07, 6.45) is 13.2. The van der Waals surface area contributed by atoms with E-state index in [1.807, 2.05) is 0 Å². The van der Waals surface area contributed by atoms with Gasteiger partial charge in [-0.3, -0.25) is 4.79 Å². The Morgan fingerprint density at radius 2 is 1.25 bits per heavy atom. The molecule has 0 aromatic carbocycles. The van der Waals surface area contributed by atoms with Crippen LogP contribution in [-0.2, 0) is 4.79 Å². The summed E-state index contributed by atoms with van der Waals surface area (Å²) in [5, 5.41) is 3.27. The highest BCUT2D eigenvalue weighted by Gasteiger charge is 2.37. The van der Waals surface area contributed by atoms with E-state index >= 15 is 0 Å². The van der Waals surface area contributed by atoms with E-state index in [4.69, 9.17) is 0 Å². The molecular formula is C18H33NO. The highest BCUT2D eigenvalue weighted by Crippen LogP contribution is 2.40. The van der Waals surface area contributed by atoms with Gasteiger partial charge in [-0.2, -0.15) is 0 Å². The highest BCUT2D eigenvalue weighted by molar-refractivity contribution is 5.80. The smallest absolute Gasteiger partial charge is 0.224 e. The van der Waals surface area contributed by atoms with Gasteiger partial charge in [0.1, 0.15) is 0 Å². The van der Waals surface area contributed by atoms with Crippen LogP contribution in [-0.4, -0.2) is 11.4 Å². The van der Waals surface area contributed by atoms with E-state index in [2.05, 4.69) is 26.1 Å². The first-order valence-electron chi connectivity index (χ1n) is 8.79. The van der Waals surface area contributed by atoms with Crippen molar-refractivity contribution in [3.63, 3.8) is 0 Å². The quantitative estimate of drug-likeness (QED) is 0.798. The molecule has 0 spiro atoms. The molecule has 20 heavy (non-hydrogen) atoms. The molecule has 2 aliphatic rings. The van der Waals surface area contributed by atoms with Gasteiger partial charge in [-0.25, -0.2) is 0 Å². The summed E-state index contributed by atoms with van der Waals surface area (Å²) in [5.41, 5.74) is -0.0985. The number of carbonyl (C=O) groups excluding carboxylic acids is 1. The maximum atomic E-state index is 12.8. The average Bonchev–Trinajstić information content (AvgIpc) is 2.39. The van der Waals surface area contributed by atoms with Crippen LogP contribution in [0.15, 0.2) is 0 Å². The Labute approximate surface area is 125 Å². The minimum Gasteiger partial charge on any atom is -0.351 e. The monoisotopic (exact) mass is 279 g/mol. The van der Waals surface area contributed by atoms with Crippen LogP contribution < -0.4 is 5.32 Å². The first-order valence-corrected chi connectivity index (χ1v) is 8.79. The topological polar surface area (TPSA) is 29.1 Å². The molecule has 0 aromatic rings. The Kier molecular flexibility index (Phi) is 5.51. The van der Waals surface area contributed by atoms with Crippen LogP contribution in [0.4, 0.5) is 0 Å². The molecular weight excluding hydrogens is 246 g/mol. The molecule has 0 heterocycles. The van der Waals surface area contributed by atoms with E-state index in [9.17, 15) is 4.79 Å². The van der Waals surface area contributed by atoms with Crippen LogP contribution in [0, 0.1) is 17.8 Å². The highest BCUT2D eigenvalue weighted by atomic mass is 16.2. The van der Waals surface area contributed by atoms with E-state index in [1.54, 1.807) is 0 Å². The zero-order chi connectivity index (χ0) is 14.6. The van der Waals surface area contributed by atoms with Gasteiger partial charge >= 0.3 is 0 Å². The van der Waals surface area contributed by atoms with Crippen molar-refractivity contribution in [2.24, 2.45) is 17.8 Å². The number of carbonyl (C=O) groups is 1. The molecule has 0 saturated heterocycles. The summed E-state index contributed by atoms with van der Waals surface area (Å²) in [6.45, 7) is 6.30. The molecule has 1 N–H and O–H groups in total. The predicted molar refractivity (Wildman–Crippen MR) is 84.5 cm³/mol. The third kappa shape index (κ3) is 4.49. The maximum Gasteiger partial charge on any atom is 0.224 e. The Bertz CT molecular complexity index is 288. The Morgan fingerprint density at radius 1 is 0.850 bits per heavy atom. The van der Waals surface area contributed by atoms with Gasteiger partial charge in [-0.15, -0.1) is 0 Å². The summed E-state index contributed by atoms with van der Waals surface area (Å²) < 4.78 is 0. The Hall–Kier alpha value is -0.530. The van der Waals surface area contributed by atoms with E-state index < -0.39 is 0 Å². The van der Waals surface area contributed by atoms with Crippen molar-refractivity contribution >= 4 is 5.91 Å². The Morgan fingerprint density at radius 3 is 1.60 bits per heavy atom. The van der Waals surface area contributed by atoms with E-state index in [1.165, 1.54) is 64.2 Å². The van der Waals surface area contributed by atoms with Crippen molar-refractivity contribution in [2.75, 3.05) is 0 Å². The predicted octanol–water partition coefficient (Wildman–Crippen LogP) is 4.68. The molecule has 1 amide bonds. The fourth-order valence-corrected chi connectivity index (χ4v) is 4.25. The van der Waals surface area contributed by atoms with Crippen molar-refractivity contribution in [3.8, 4) is 0 Å². The van der Waals surface area contributed by atoms with Crippen LogP contribution in [0.25, 0.3) is 0 Å². The number of nitrogens with one attached hydrogen (secondary N) is 1. The van der Waals surface area contributed by atoms with Gasteiger partial charge in [0.15, 0.2) is 0 Å². The van der Waals surface area contributed by atoms with Crippen LogP contribution in [0.2, 0.25) is 0 Å². The van der Waals surface area contributed by atoms with Gasteiger partial charge in [0.2, 0.25) is 5.91 Å². The molecule has 2 fully saturated rings. The second-order valence-corrected chi connectivity index (χ2v) is 8.06. The molecule has 116 valence electrons. The van der Waals surface area contributed by atoms with Crippen LogP contribution in [0.3, 0.4) is 0 Å². The number of hydrogen-bond acceptors (Lipinski definition) is 1. The van der Waals surface area contributed by atoms with Crippen molar-refractivity contribution in [1.29, 1.82) is 0 Å². The molecule has 0 bridgehead atoms. The SMILES string of the molecule is CC(C)(C)NC(=O)C(C1CCCCC1)C1CCCCC1. The molecule has 2 rings (SSSR count). The van der Waals surface area contributed by atoms with E-state index in [-0.39, 0.29) is 11.5 Å². The summed E-state index contributed by atoms with van der Waals surface area (Å²) >= 11 is 0. The van der Waals surface area contributed by atoms with Gasteiger partial charge in [0.05, 0.1) is 0 Å². The lowest BCUT2D eigenvalue weighted by Crippen LogP contribution is -2.48. The van der Waals surface area contributed by atoms with Crippen LogP contribution >= 0.6 is 0 Å². The maximum absolute atomic E-state index is 12.8. The normalized spacial score (nSPS) is 23.0. The Balaban J connectivity index is 2.07. The molecule has 2 nitrogen and oxygen atoms in total. The molecule has 2 saturated carbocycles. The summed E-state index contributed by atoms with van der Waals surface area (Å²) in [4.78, 5) is 12.8. The van der Waals surface area contributed by atoms with Crippen molar-refractivity contribution in [2.45, 2.75) is 90.5 Å². The lowest BCUT2D eigenvalue weighted by Gasteiger charge is -2.38. The fourth-order valence-electron chi connectivity index (χ4n) is 4.25. The van der Waals surface area contributed by atoms with Crippen LogP contribution in [0.1, 0.15) is 85.0 Å². The molecule has 0 unspecified atom stereocenters. The zero-order valence-corrected chi connectivity index (χ0v) is 13.7. The molecule has 0 aromatic heterocycles. The fraction of sp³-hybridized carbons (Fsp3) is 0.944. The zero-order valence-electron chi connectivity index (χ0n) is 13.7. The van der Waals surface area contributed by atoms with Crippen molar-refractivity contribution < 1.29 is 4.79 Å². The van der Waals surface area contributed by atoms with Crippen molar-refractivity contribution in [3.05, 3.63) is 0 Å². The van der Waals surface area contributed by atoms with Gasteiger partial charge in [0.25, 0.3) is 0 Å². The number of hydrogen-bond donors (Lipinski definition) is 1. The largest absolute Gasteiger partial charge is 0.351 e. The molecule has 2 heteroatoms. The first-order chi connectivity index (χ1) is 9.47. The summed E-state index contributed by atoms with van der Waals surface area (Å²) in [7, 11) is 0. The van der Waals surface area contributed by atoms with Crippen LogP contribution in [0.5, 0.6) is 0 Å².